The van der Waals surface area contributed by atoms with Crippen LogP contribution in [0.4, 0.5) is 0 Å². The van der Waals surface area contributed by atoms with E-state index in [-0.39, 0.29) is 5.91 Å². The molecule has 0 bridgehead atoms. The molecule has 6 nitrogen and oxygen atoms in total. The van der Waals surface area contributed by atoms with Gasteiger partial charge in [-0.25, -0.2) is 4.98 Å². The zero-order valence-corrected chi connectivity index (χ0v) is 15.8. The van der Waals surface area contributed by atoms with Gasteiger partial charge in [0.25, 0.3) is 5.91 Å². The van der Waals surface area contributed by atoms with Gasteiger partial charge in [0.2, 0.25) is 5.88 Å². The van der Waals surface area contributed by atoms with Crippen molar-refractivity contribution in [2.45, 2.75) is 30.7 Å². The van der Waals surface area contributed by atoms with Gasteiger partial charge in [0, 0.05) is 22.9 Å². The molecule has 138 valence electrons. The summed E-state index contributed by atoms with van der Waals surface area (Å²) in [6.45, 7) is 0.537. The van der Waals surface area contributed by atoms with Gasteiger partial charge in [-0.2, -0.15) is 5.10 Å². The molecule has 0 aliphatic heterocycles. The lowest BCUT2D eigenvalue weighted by Crippen LogP contribution is -2.18. The lowest BCUT2D eigenvalue weighted by Gasteiger charge is -2.10. The molecule has 27 heavy (non-hydrogen) atoms. The Morgan fingerprint density at radius 2 is 2.15 bits per heavy atom. The number of hydrogen-bond acceptors (Lipinski definition) is 5. The van der Waals surface area contributed by atoms with E-state index < -0.39 is 0 Å². The Morgan fingerprint density at radius 3 is 2.96 bits per heavy atom. The molecular weight excluding hydrogens is 360 g/mol. The molecule has 1 N–H and O–H groups in total. The molecule has 1 amide bonds. The van der Waals surface area contributed by atoms with Crippen LogP contribution in [0.3, 0.4) is 0 Å². The van der Waals surface area contributed by atoms with Crippen molar-refractivity contribution in [1.29, 1.82) is 0 Å². The van der Waals surface area contributed by atoms with Crippen LogP contribution in [0, 0.1) is 0 Å². The smallest absolute Gasteiger partial charge is 0.280 e. The van der Waals surface area contributed by atoms with Gasteiger partial charge in [0.1, 0.15) is 5.69 Å². The molecule has 3 aromatic rings. The molecule has 1 aliphatic carbocycles. The van der Waals surface area contributed by atoms with Gasteiger partial charge in [0.05, 0.1) is 13.7 Å². The van der Waals surface area contributed by atoms with Crippen molar-refractivity contribution in [2.24, 2.45) is 0 Å². The van der Waals surface area contributed by atoms with Crippen LogP contribution < -0.4 is 9.46 Å². The fourth-order valence-corrected chi connectivity index (χ4v) is 3.88. The van der Waals surface area contributed by atoms with E-state index in [4.69, 9.17) is 4.74 Å². The van der Waals surface area contributed by atoms with Gasteiger partial charge >= 0.3 is 0 Å². The number of aryl methyl sites for hydroxylation is 2. The summed E-state index contributed by atoms with van der Waals surface area (Å²) >= 11 is 1.32. The Labute approximate surface area is 162 Å². The maximum atomic E-state index is 12.5. The van der Waals surface area contributed by atoms with Gasteiger partial charge in [-0.15, -0.1) is 0 Å². The molecule has 0 saturated heterocycles. The number of aromatic nitrogens is 3. The van der Waals surface area contributed by atoms with Gasteiger partial charge in [-0.3, -0.25) is 14.2 Å². The normalized spacial score (nSPS) is 12.6. The summed E-state index contributed by atoms with van der Waals surface area (Å²) in [5, 5.41) is 4.18. The molecule has 0 radical (unpaired) electrons. The Morgan fingerprint density at radius 1 is 1.26 bits per heavy atom. The van der Waals surface area contributed by atoms with E-state index in [2.05, 4.69) is 33.0 Å². The molecule has 4 rings (SSSR count). The summed E-state index contributed by atoms with van der Waals surface area (Å²) in [5.74, 6) is 0.185. The van der Waals surface area contributed by atoms with E-state index >= 15 is 0 Å². The third-order valence-electron chi connectivity index (χ3n) is 4.59. The van der Waals surface area contributed by atoms with Crippen molar-refractivity contribution >= 4 is 17.9 Å². The number of nitrogens with zero attached hydrogens (tertiary/aromatic N) is 3. The zero-order chi connectivity index (χ0) is 18.6. The minimum Gasteiger partial charge on any atom is -0.481 e. The minimum atomic E-state index is -0.246. The number of methoxy groups -OCH3 is 1. The van der Waals surface area contributed by atoms with E-state index in [0.717, 1.165) is 23.3 Å². The Kier molecular flexibility index (Phi) is 5.11. The fraction of sp³-hybridized carbons (Fsp3) is 0.250. The van der Waals surface area contributed by atoms with Crippen LogP contribution in [-0.2, 0) is 19.4 Å². The molecule has 0 unspecified atom stereocenters. The number of carbonyl (C=O) groups excluding carboxylic acids is 1. The summed E-state index contributed by atoms with van der Waals surface area (Å²) in [7, 11) is 1.55. The van der Waals surface area contributed by atoms with Crippen LogP contribution in [0.15, 0.2) is 53.7 Å². The number of rotatable bonds is 6. The van der Waals surface area contributed by atoms with Crippen LogP contribution in [0.5, 0.6) is 5.88 Å². The second kappa shape index (κ2) is 7.84. The number of amides is 1. The van der Waals surface area contributed by atoms with E-state index in [0.29, 0.717) is 18.1 Å². The SMILES string of the molecule is COc1nc(C(=O)NSc2ccc3c(c2)CCC3)ccc1Cn1cccn1. The summed E-state index contributed by atoms with van der Waals surface area (Å²) in [4.78, 5) is 17.9. The third kappa shape index (κ3) is 3.98. The average molecular weight is 380 g/mol. The number of pyridine rings is 1. The summed E-state index contributed by atoms with van der Waals surface area (Å²) in [6, 6.07) is 11.8. The highest BCUT2D eigenvalue weighted by Crippen LogP contribution is 2.26. The average Bonchev–Trinajstić information content (AvgIpc) is 3.37. The second-order valence-electron chi connectivity index (χ2n) is 6.39. The molecule has 0 saturated carbocycles. The maximum absolute atomic E-state index is 12.5. The van der Waals surface area contributed by atoms with Gasteiger partial charge in [-0.1, -0.05) is 6.07 Å². The first-order valence-electron chi connectivity index (χ1n) is 8.83. The predicted molar refractivity (Wildman–Crippen MR) is 104 cm³/mol. The molecule has 1 aromatic carbocycles. The van der Waals surface area contributed by atoms with E-state index in [1.807, 2.05) is 18.3 Å². The highest BCUT2D eigenvalue weighted by molar-refractivity contribution is 7.98. The predicted octanol–water partition coefficient (Wildman–Crippen LogP) is 3.26. The van der Waals surface area contributed by atoms with Crippen molar-refractivity contribution in [3.63, 3.8) is 0 Å². The maximum Gasteiger partial charge on any atom is 0.280 e. The molecule has 0 fully saturated rings. The van der Waals surface area contributed by atoms with Gasteiger partial charge < -0.3 is 4.74 Å². The van der Waals surface area contributed by atoms with Crippen molar-refractivity contribution < 1.29 is 9.53 Å². The number of benzene rings is 1. The van der Waals surface area contributed by atoms with Gasteiger partial charge in [-0.05, 0) is 72.7 Å². The number of fused-ring (bicyclic) bond motifs is 1. The van der Waals surface area contributed by atoms with Gasteiger partial charge in [0.15, 0.2) is 0 Å². The van der Waals surface area contributed by atoms with Crippen LogP contribution in [-0.4, -0.2) is 27.8 Å². The number of nitrogens with one attached hydrogen (secondary N) is 1. The first-order chi connectivity index (χ1) is 13.2. The fourth-order valence-electron chi connectivity index (χ4n) is 3.23. The monoisotopic (exact) mass is 380 g/mol. The van der Waals surface area contributed by atoms with Crippen LogP contribution in [0.25, 0.3) is 0 Å². The van der Waals surface area contributed by atoms with Crippen LogP contribution in [0.2, 0.25) is 0 Å². The second-order valence-corrected chi connectivity index (χ2v) is 7.27. The lowest BCUT2D eigenvalue weighted by atomic mass is 10.1. The molecule has 0 atom stereocenters. The molecule has 1 aliphatic rings. The molecule has 7 heteroatoms. The van der Waals surface area contributed by atoms with Crippen molar-refractivity contribution in [3.05, 3.63) is 71.2 Å². The summed E-state index contributed by atoms with van der Waals surface area (Å²) in [6.07, 6.45) is 7.07. The van der Waals surface area contributed by atoms with E-state index in [1.165, 1.54) is 29.5 Å². The quantitative estimate of drug-likeness (QED) is 0.665. The number of carbonyl (C=O) groups is 1. The lowest BCUT2D eigenvalue weighted by molar-refractivity contribution is 0.0978. The van der Waals surface area contributed by atoms with Crippen molar-refractivity contribution in [2.75, 3.05) is 7.11 Å². The summed E-state index contributed by atoms with van der Waals surface area (Å²) in [5.41, 5.74) is 4.00. The van der Waals surface area contributed by atoms with Crippen molar-refractivity contribution in [3.8, 4) is 5.88 Å². The largest absolute Gasteiger partial charge is 0.481 e. The topological polar surface area (TPSA) is 69.0 Å². The highest BCUT2D eigenvalue weighted by Gasteiger charge is 2.14. The van der Waals surface area contributed by atoms with Crippen LogP contribution >= 0.6 is 11.9 Å². The number of ether oxygens (including phenoxy) is 1. The first kappa shape index (κ1) is 17.6. The van der Waals surface area contributed by atoms with Crippen molar-refractivity contribution in [1.82, 2.24) is 19.5 Å². The van der Waals surface area contributed by atoms with Crippen LogP contribution in [0.1, 0.15) is 33.6 Å². The number of hydrogen-bond donors (Lipinski definition) is 1. The highest BCUT2D eigenvalue weighted by atomic mass is 32.2. The van der Waals surface area contributed by atoms with E-state index in [9.17, 15) is 4.79 Å². The van der Waals surface area contributed by atoms with E-state index in [1.54, 1.807) is 24.1 Å². The Bertz CT molecular complexity index is 957. The Hall–Kier alpha value is -2.80. The first-order valence-corrected chi connectivity index (χ1v) is 9.65. The molecule has 0 spiro atoms. The molecule has 2 heterocycles. The molecule has 2 aromatic heterocycles. The third-order valence-corrected chi connectivity index (χ3v) is 5.37. The Balaban J connectivity index is 1.43. The molecular formula is C20H20N4O2S. The zero-order valence-electron chi connectivity index (χ0n) is 15.0. The minimum absolute atomic E-state index is 0.246. The standard InChI is InChI=1S/C20H20N4O2S/c1-26-20-16(13-24-11-3-10-21-24)7-9-18(22-20)19(25)23-27-17-8-6-14-4-2-5-15(14)12-17/h3,6-12H,2,4-5,13H2,1H3,(H,23,25). The summed E-state index contributed by atoms with van der Waals surface area (Å²) < 4.78 is 10.0.